The summed E-state index contributed by atoms with van der Waals surface area (Å²) < 4.78 is 28.6. The van der Waals surface area contributed by atoms with E-state index in [-0.39, 0.29) is 10.8 Å². The summed E-state index contributed by atoms with van der Waals surface area (Å²) in [6.07, 6.45) is 2.43. The predicted molar refractivity (Wildman–Crippen MR) is 133 cm³/mol. The number of benzene rings is 1. The molecule has 176 valence electrons. The number of carbonyl (C=O) groups excluding carboxylic acids is 1. The van der Waals surface area contributed by atoms with Crippen molar-refractivity contribution >= 4 is 44.3 Å². The van der Waals surface area contributed by atoms with E-state index in [1.54, 1.807) is 40.9 Å². The van der Waals surface area contributed by atoms with E-state index in [9.17, 15) is 13.2 Å². The van der Waals surface area contributed by atoms with E-state index >= 15 is 0 Å². The largest absolute Gasteiger partial charge is 0.343 e. The SMILES string of the molecule is Cc1ccc(S(=O)(=O)N(C)C)cc1N=c1scc(-c2cccs2)n1CCCN1CCCC1=O. The molecule has 0 spiro atoms. The van der Waals surface area contributed by atoms with E-state index in [4.69, 9.17) is 4.99 Å². The van der Waals surface area contributed by atoms with Crippen LogP contribution in [0, 0.1) is 6.92 Å². The van der Waals surface area contributed by atoms with E-state index in [1.807, 2.05) is 17.9 Å². The van der Waals surface area contributed by atoms with Gasteiger partial charge in [-0.25, -0.2) is 17.7 Å². The van der Waals surface area contributed by atoms with Gasteiger partial charge in [-0.15, -0.1) is 22.7 Å². The zero-order valence-corrected chi connectivity index (χ0v) is 21.5. The molecule has 0 saturated carbocycles. The minimum atomic E-state index is -3.54. The Morgan fingerprint density at radius 2 is 1.97 bits per heavy atom. The molecular formula is C23H28N4O3S3. The number of hydrogen-bond donors (Lipinski definition) is 0. The van der Waals surface area contributed by atoms with Gasteiger partial charge in [-0.05, 0) is 48.9 Å². The van der Waals surface area contributed by atoms with Gasteiger partial charge in [-0.3, -0.25) is 4.79 Å². The lowest BCUT2D eigenvalue weighted by Gasteiger charge is -2.16. The van der Waals surface area contributed by atoms with Crippen LogP contribution in [0.2, 0.25) is 0 Å². The minimum Gasteiger partial charge on any atom is -0.343 e. The first kappa shape index (κ1) is 23.9. The van der Waals surface area contributed by atoms with Crippen molar-refractivity contribution in [1.29, 1.82) is 0 Å². The lowest BCUT2D eigenvalue weighted by molar-refractivity contribution is -0.127. The number of likely N-dealkylation sites (tertiary alicyclic amines) is 1. The van der Waals surface area contributed by atoms with Crippen molar-refractivity contribution in [1.82, 2.24) is 13.8 Å². The van der Waals surface area contributed by atoms with Gasteiger partial charge in [-0.1, -0.05) is 12.1 Å². The normalized spacial score (nSPS) is 15.2. The molecule has 0 aliphatic carbocycles. The zero-order chi connectivity index (χ0) is 23.6. The van der Waals surface area contributed by atoms with Gasteiger partial charge in [0.25, 0.3) is 0 Å². The van der Waals surface area contributed by atoms with Gasteiger partial charge < -0.3 is 9.47 Å². The molecule has 1 saturated heterocycles. The van der Waals surface area contributed by atoms with Crippen molar-refractivity contribution in [2.45, 2.75) is 37.6 Å². The molecule has 33 heavy (non-hydrogen) atoms. The molecule has 3 heterocycles. The number of nitrogens with zero attached hydrogens (tertiary/aromatic N) is 4. The summed E-state index contributed by atoms with van der Waals surface area (Å²) in [5, 5.41) is 4.15. The fraction of sp³-hybridized carbons (Fsp3) is 0.391. The molecule has 1 fully saturated rings. The predicted octanol–water partition coefficient (Wildman–Crippen LogP) is 4.08. The van der Waals surface area contributed by atoms with Gasteiger partial charge in [0.05, 0.1) is 21.2 Å². The fourth-order valence-corrected chi connectivity index (χ4v) is 6.49. The van der Waals surface area contributed by atoms with Crippen molar-refractivity contribution in [3.05, 3.63) is 51.5 Å². The number of amides is 1. The van der Waals surface area contributed by atoms with Crippen LogP contribution >= 0.6 is 22.7 Å². The lowest BCUT2D eigenvalue weighted by atomic mass is 10.2. The van der Waals surface area contributed by atoms with Crippen molar-refractivity contribution < 1.29 is 13.2 Å². The summed E-state index contributed by atoms with van der Waals surface area (Å²) >= 11 is 3.22. The standard InChI is InChI=1S/C23H28N4O3S3/c1-17-9-10-18(33(29,30)25(2)3)15-19(17)24-23-27(13-6-12-26-11-4-8-22(26)28)20(16-32-23)21-7-5-14-31-21/h5,7,9-10,14-16H,4,6,8,11-13H2,1-3H3. The van der Waals surface area contributed by atoms with Crippen molar-refractivity contribution in [3.63, 3.8) is 0 Å². The highest BCUT2D eigenvalue weighted by Gasteiger charge is 2.20. The molecule has 0 unspecified atom stereocenters. The van der Waals surface area contributed by atoms with Crippen LogP contribution in [0.1, 0.15) is 24.8 Å². The van der Waals surface area contributed by atoms with Crippen LogP contribution in [0.25, 0.3) is 10.6 Å². The molecule has 1 aromatic carbocycles. The van der Waals surface area contributed by atoms with Gasteiger partial charge in [0.2, 0.25) is 15.9 Å². The van der Waals surface area contributed by atoms with Crippen LogP contribution in [-0.4, -0.2) is 55.3 Å². The van der Waals surface area contributed by atoms with Crippen molar-refractivity contribution in [2.24, 2.45) is 4.99 Å². The first-order valence-electron chi connectivity index (χ1n) is 10.9. The van der Waals surface area contributed by atoms with E-state index in [0.29, 0.717) is 12.1 Å². The molecule has 0 atom stereocenters. The molecular weight excluding hydrogens is 476 g/mol. The Morgan fingerprint density at radius 1 is 1.15 bits per heavy atom. The maximum absolute atomic E-state index is 12.6. The second kappa shape index (κ2) is 9.92. The van der Waals surface area contributed by atoms with Crippen LogP contribution in [0.3, 0.4) is 0 Å². The Labute approximate surface area is 202 Å². The summed E-state index contributed by atoms with van der Waals surface area (Å²) in [5.41, 5.74) is 2.64. The summed E-state index contributed by atoms with van der Waals surface area (Å²) in [6, 6.07) is 9.18. The molecule has 4 rings (SSSR count). The van der Waals surface area contributed by atoms with Gasteiger partial charge >= 0.3 is 0 Å². The third-order valence-electron chi connectivity index (χ3n) is 5.73. The molecule has 7 nitrogen and oxygen atoms in total. The van der Waals surface area contributed by atoms with Crippen LogP contribution in [0.15, 0.2) is 51.0 Å². The number of aromatic nitrogens is 1. The lowest BCUT2D eigenvalue weighted by Crippen LogP contribution is -2.27. The average molecular weight is 505 g/mol. The number of thiophene rings is 1. The summed E-state index contributed by atoms with van der Waals surface area (Å²) in [7, 11) is -0.493. The molecule has 1 amide bonds. The number of aryl methyl sites for hydroxylation is 1. The average Bonchev–Trinajstić information content (AvgIpc) is 3.52. The van der Waals surface area contributed by atoms with Crippen LogP contribution in [0.5, 0.6) is 0 Å². The van der Waals surface area contributed by atoms with Crippen molar-refractivity contribution in [3.8, 4) is 10.6 Å². The maximum atomic E-state index is 12.6. The fourth-order valence-electron chi connectivity index (χ4n) is 3.80. The van der Waals surface area contributed by atoms with Crippen LogP contribution < -0.4 is 4.80 Å². The molecule has 3 aromatic rings. The number of rotatable bonds is 8. The smallest absolute Gasteiger partial charge is 0.242 e. The van der Waals surface area contributed by atoms with Gasteiger partial charge in [0.15, 0.2) is 4.80 Å². The van der Waals surface area contributed by atoms with E-state index in [2.05, 4.69) is 21.4 Å². The molecule has 0 N–H and O–H groups in total. The molecule has 1 aliphatic rings. The van der Waals surface area contributed by atoms with Crippen LogP contribution in [0.4, 0.5) is 5.69 Å². The number of hydrogen-bond acceptors (Lipinski definition) is 6. The second-order valence-corrected chi connectivity index (χ2v) is 12.2. The first-order chi connectivity index (χ1) is 15.8. The summed E-state index contributed by atoms with van der Waals surface area (Å²) in [6.45, 7) is 4.24. The second-order valence-electron chi connectivity index (χ2n) is 8.22. The molecule has 0 bridgehead atoms. The highest BCUT2D eigenvalue weighted by molar-refractivity contribution is 7.89. The van der Waals surface area contributed by atoms with Gasteiger partial charge in [-0.2, -0.15) is 0 Å². The summed E-state index contributed by atoms with van der Waals surface area (Å²) in [4.78, 5) is 21.0. The minimum absolute atomic E-state index is 0.228. The first-order valence-corrected chi connectivity index (χ1v) is 14.0. The monoisotopic (exact) mass is 504 g/mol. The molecule has 1 aliphatic heterocycles. The Morgan fingerprint density at radius 3 is 2.64 bits per heavy atom. The van der Waals surface area contributed by atoms with E-state index in [0.717, 1.165) is 53.4 Å². The molecule has 2 aromatic heterocycles. The highest BCUT2D eigenvalue weighted by atomic mass is 32.2. The molecule has 10 heteroatoms. The Bertz CT molecular complexity index is 1300. The maximum Gasteiger partial charge on any atom is 0.242 e. The third-order valence-corrected chi connectivity index (χ3v) is 9.29. The van der Waals surface area contributed by atoms with Crippen LogP contribution in [-0.2, 0) is 21.4 Å². The zero-order valence-electron chi connectivity index (χ0n) is 19.0. The third kappa shape index (κ3) is 5.13. The van der Waals surface area contributed by atoms with E-state index < -0.39 is 10.0 Å². The number of thiazole rings is 1. The topological polar surface area (TPSA) is 75.0 Å². The van der Waals surface area contributed by atoms with Gasteiger partial charge in [0.1, 0.15) is 0 Å². The Balaban J connectivity index is 1.71. The Hall–Kier alpha value is -2.27. The van der Waals surface area contributed by atoms with E-state index in [1.165, 1.54) is 18.4 Å². The quantitative estimate of drug-likeness (QED) is 0.464. The number of carbonyl (C=O) groups is 1. The number of sulfonamides is 1. The Kier molecular flexibility index (Phi) is 7.18. The molecule has 0 radical (unpaired) electrons. The summed E-state index contributed by atoms with van der Waals surface area (Å²) in [5.74, 6) is 0.239. The highest BCUT2D eigenvalue weighted by Crippen LogP contribution is 2.27. The van der Waals surface area contributed by atoms with Gasteiger partial charge in [0, 0.05) is 45.5 Å². The van der Waals surface area contributed by atoms with Crippen molar-refractivity contribution in [2.75, 3.05) is 27.2 Å².